The number of nitrogens with two attached hydrogens (primary N) is 1. The number of nitrogen functional groups attached to an aromatic ring is 1. The SMILES string of the molecule is Nc1c(Nc2ccc3c(c2)OCCO3)ncnc1Nc1cccc2cccnc12. The average molecular weight is 386 g/mol. The molecule has 5 rings (SSSR count). The first-order valence-electron chi connectivity index (χ1n) is 9.16. The first-order chi connectivity index (χ1) is 14.3. The summed E-state index contributed by atoms with van der Waals surface area (Å²) in [4.78, 5) is 13.0. The Labute approximate surface area is 166 Å². The lowest BCUT2D eigenvalue weighted by atomic mass is 10.2. The Hall–Kier alpha value is -4.07. The monoisotopic (exact) mass is 386 g/mol. The largest absolute Gasteiger partial charge is 0.486 e. The van der Waals surface area contributed by atoms with Crippen molar-refractivity contribution in [2.24, 2.45) is 0 Å². The highest BCUT2D eigenvalue weighted by Crippen LogP contribution is 2.35. The lowest BCUT2D eigenvalue weighted by molar-refractivity contribution is 0.171. The fourth-order valence-corrected chi connectivity index (χ4v) is 3.19. The molecule has 0 aliphatic carbocycles. The molecule has 3 heterocycles. The van der Waals surface area contributed by atoms with Crippen LogP contribution in [0.4, 0.5) is 28.7 Å². The number of nitrogens with zero attached hydrogens (tertiary/aromatic N) is 3. The molecule has 0 bridgehead atoms. The van der Waals surface area contributed by atoms with Crippen LogP contribution in [-0.2, 0) is 0 Å². The number of pyridine rings is 1. The minimum Gasteiger partial charge on any atom is -0.486 e. The molecule has 144 valence electrons. The number of hydrogen-bond acceptors (Lipinski definition) is 8. The predicted octanol–water partition coefficient (Wildman–Crippen LogP) is 3.87. The smallest absolute Gasteiger partial charge is 0.163 e. The molecule has 0 amide bonds. The average Bonchev–Trinajstić information content (AvgIpc) is 2.77. The standard InChI is InChI=1S/C21H18N6O2/c22-18-20(26-14-6-7-16-17(11-14)29-10-9-28-16)24-12-25-21(18)27-15-5-1-3-13-4-2-8-23-19(13)15/h1-8,11-12H,9-10,22H2,(H2,24,25,26,27). The van der Waals surface area contributed by atoms with Crippen LogP contribution in [0.25, 0.3) is 10.9 Å². The Morgan fingerprint density at radius 3 is 2.52 bits per heavy atom. The molecule has 8 heteroatoms. The Kier molecular flexibility index (Phi) is 4.21. The van der Waals surface area contributed by atoms with Crippen molar-refractivity contribution < 1.29 is 9.47 Å². The van der Waals surface area contributed by atoms with Gasteiger partial charge >= 0.3 is 0 Å². The van der Waals surface area contributed by atoms with E-state index < -0.39 is 0 Å². The van der Waals surface area contributed by atoms with Crippen LogP contribution in [0.1, 0.15) is 0 Å². The fourth-order valence-electron chi connectivity index (χ4n) is 3.19. The fraction of sp³-hybridized carbons (Fsp3) is 0.0952. The maximum absolute atomic E-state index is 6.33. The third kappa shape index (κ3) is 3.31. The molecular weight excluding hydrogens is 368 g/mol. The second kappa shape index (κ2) is 7.16. The van der Waals surface area contributed by atoms with E-state index in [9.17, 15) is 0 Å². The number of rotatable bonds is 4. The summed E-state index contributed by atoms with van der Waals surface area (Å²) < 4.78 is 11.2. The van der Waals surface area contributed by atoms with Crippen LogP contribution in [0.3, 0.4) is 0 Å². The highest BCUT2D eigenvalue weighted by molar-refractivity contribution is 5.93. The van der Waals surface area contributed by atoms with Crippen molar-refractivity contribution >= 4 is 39.6 Å². The summed E-state index contributed by atoms with van der Waals surface area (Å²) in [5.74, 6) is 2.41. The molecule has 0 radical (unpaired) electrons. The van der Waals surface area contributed by atoms with Gasteiger partial charge in [-0.2, -0.15) is 0 Å². The van der Waals surface area contributed by atoms with Crippen molar-refractivity contribution in [3.63, 3.8) is 0 Å². The molecule has 8 nitrogen and oxygen atoms in total. The van der Waals surface area contributed by atoms with Gasteiger partial charge in [0.1, 0.15) is 25.2 Å². The van der Waals surface area contributed by atoms with Crippen molar-refractivity contribution in [1.29, 1.82) is 0 Å². The van der Waals surface area contributed by atoms with Gasteiger partial charge in [-0.3, -0.25) is 4.98 Å². The Morgan fingerprint density at radius 1 is 0.828 bits per heavy atom. The van der Waals surface area contributed by atoms with Crippen LogP contribution >= 0.6 is 0 Å². The zero-order valence-electron chi connectivity index (χ0n) is 15.4. The predicted molar refractivity (Wildman–Crippen MR) is 112 cm³/mol. The first kappa shape index (κ1) is 17.1. The maximum atomic E-state index is 6.33. The summed E-state index contributed by atoms with van der Waals surface area (Å²) in [6.07, 6.45) is 3.21. The van der Waals surface area contributed by atoms with Gasteiger partial charge in [0.2, 0.25) is 0 Å². The molecule has 0 atom stereocenters. The molecule has 0 fully saturated rings. The van der Waals surface area contributed by atoms with Crippen LogP contribution < -0.4 is 25.8 Å². The van der Waals surface area contributed by atoms with Gasteiger partial charge in [0, 0.05) is 23.3 Å². The number of hydrogen-bond donors (Lipinski definition) is 3. The van der Waals surface area contributed by atoms with Gasteiger partial charge < -0.3 is 25.8 Å². The molecule has 4 N–H and O–H groups in total. The van der Waals surface area contributed by atoms with E-state index >= 15 is 0 Å². The molecule has 29 heavy (non-hydrogen) atoms. The molecular formula is C21H18N6O2. The number of aromatic nitrogens is 3. The topological polar surface area (TPSA) is 107 Å². The molecule has 0 spiro atoms. The van der Waals surface area contributed by atoms with Crippen LogP contribution in [0.15, 0.2) is 61.1 Å². The van der Waals surface area contributed by atoms with Gasteiger partial charge in [0.25, 0.3) is 0 Å². The third-order valence-corrected chi connectivity index (χ3v) is 4.57. The lowest BCUT2D eigenvalue weighted by Crippen LogP contribution is -2.15. The van der Waals surface area contributed by atoms with E-state index in [0.717, 1.165) is 28.0 Å². The quantitative estimate of drug-likeness (QED) is 0.485. The third-order valence-electron chi connectivity index (χ3n) is 4.57. The highest BCUT2D eigenvalue weighted by atomic mass is 16.6. The Morgan fingerprint density at radius 2 is 1.62 bits per heavy atom. The first-order valence-corrected chi connectivity index (χ1v) is 9.16. The number of nitrogens with one attached hydrogen (secondary N) is 2. The summed E-state index contributed by atoms with van der Waals surface area (Å²) >= 11 is 0. The van der Waals surface area contributed by atoms with Crippen molar-refractivity contribution in [2.45, 2.75) is 0 Å². The molecule has 2 aromatic carbocycles. The van der Waals surface area contributed by atoms with Gasteiger partial charge in [-0.15, -0.1) is 0 Å². The number of benzene rings is 2. The normalized spacial score (nSPS) is 12.6. The second-order valence-electron chi connectivity index (χ2n) is 6.47. The minimum absolute atomic E-state index is 0.398. The van der Waals surface area contributed by atoms with E-state index in [-0.39, 0.29) is 0 Å². The summed E-state index contributed by atoms with van der Waals surface area (Å²) in [5.41, 5.74) is 9.18. The van der Waals surface area contributed by atoms with E-state index in [2.05, 4.69) is 25.6 Å². The summed E-state index contributed by atoms with van der Waals surface area (Å²) in [6, 6.07) is 15.4. The molecule has 4 aromatic rings. The summed E-state index contributed by atoms with van der Waals surface area (Å²) in [5, 5.41) is 7.51. The number of para-hydroxylation sites is 1. The summed E-state index contributed by atoms with van der Waals surface area (Å²) in [6.45, 7) is 1.08. The molecule has 2 aromatic heterocycles. The number of ether oxygens (including phenoxy) is 2. The van der Waals surface area contributed by atoms with Gasteiger partial charge in [0.05, 0.1) is 11.2 Å². The molecule has 1 aliphatic rings. The van der Waals surface area contributed by atoms with Crippen molar-refractivity contribution in [3.05, 3.63) is 61.1 Å². The molecule has 1 aliphatic heterocycles. The number of anilines is 5. The van der Waals surface area contributed by atoms with E-state index in [0.29, 0.717) is 36.3 Å². The molecule has 0 saturated heterocycles. The lowest BCUT2D eigenvalue weighted by Gasteiger charge is -2.19. The van der Waals surface area contributed by atoms with Gasteiger partial charge in [-0.1, -0.05) is 18.2 Å². The Balaban J connectivity index is 1.44. The van der Waals surface area contributed by atoms with E-state index in [1.54, 1.807) is 6.20 Å². The van der Waals surface area contributed by atoms with E-state index in [4.69, 9.17) is 15.2 Å². The van der Waals surface area contributed by atoms with Crippen LogP contribution in [0.2, 0.25) is 0 Å². The maximum Gasteiger partial charge on any atom is 0.163 e. The van der Waals surface area contributed by atoms with E-state index in [1.807, 2.05) is 48.5 Å². The second-order valence-corrected chi connectivity index (χ2v) is 6.47. The zero-order valence-corrected chi connectivity index (χ0v) is 15.4. The molecule has 0 saturated carbocycles. The zero-order chi connectivity index (χ0) is 19.6. The van der Waals surface area contributed by atoms with Crippen molar-refractivity contribution in [3.8, 4) is 11.5 Å². The van der Waals surface area contributed by atoms with Crippen LogP contribution in [0, 0.1) is 0 Å². The van der Waals surface area contributed by atoms with Crippen LogP contribution in [-0.4, -0.2) is 28.2 Å². The highest BCUT2D eigenvalue weighted by Gasteiger charge is 2.14. The number of fused-ring (bicyclic) bond motifs is 2. The van der Waals surface area contributed by atoms with Gasteiger partial charge in [-0.05, 0) is 24.3 Å². The van der Waals surface area contributed by atoms with Gasteiger partial charge in [0.15, 0.2) is 23.1 Å². The van der Waals surface area contributed by atoms with Gasteiger partial charge in [-0.25, -0.2) is 9.97 Å². The molecule has 0 unspecified atom stereocenters. The Bertz CT molecular complexity index is 1190. The van der Waals surface area contributed by atoms with Crippen molar-refractivity contribution in [1.82, 2.24) is 15.0 Å². The summed E-state index contributed by atoms with van der Waals surface area (Å²) in [7, 11) is 0. The van der Waals surface area contributed by atoms with Crippen LogP contribution in [0.5, 0.6) is 11.5 Å². The minimum atomic E-state index is 0.398. The van der Waals surface area contributed by atoms with E-state index in [1.165, 1.54) is 6.33 Å². The van der Waals surface area contributed by atoms with Crippen molar-refractivity contribution in [2.75, 3.05) is 29.6 Å².